The predicted molar refractivity (Wildman–Crippen MR) is 143 cm³/mol. The van der Waals surface area contributed by atoms with Gasteiger partial charge in [0.1, 0.15) is 10.9 Å². The van der Waals surface area contributed by atoms with Crippen LogP contribution in [-0.4, -0.2) is 67.0 Å². The van der Waals surface area contributed by atoms with Crippen molar-refractivity contribution in [3.63, 3.8) is 0 Å². The van der Waals surface area contributed by atoms with Crippen molar-refractivity contribution in [1.29, 1.82) is 0 Å². The Morgan fingerprint density at radius 3 is 2.49 bits per heavy atom. The molecule has 0 spiro atoms. The van der Waals surface area contributed by atoms with Crippen molar-refractivity contribution in [3.05, 3.63) is 11.6 Å². The highest BCUT2D eigenvalue weighted by atomic mass is 79.9. The standard InChI is InChI=1S/C29H45BrO7/c1-16(21(31)8-9-26(2,3)36)17-7-11-29(37-25(35)15-30)19-12-22(32)20-13-23(33)24(34)14-27(20,4)18(19)6-10-28(17,29)5/h12,16-18,20-21,23-24,31,33-34,36H,6-11,13-15H2,1-5H3/t16-,17+,18-,20-,21+,23+,24-,27+,28+,29+/m0/s1. The first-order chi connectivity index (χ1) is 17.1. The summed E-state index contributed by atoms with van der Waals surface area (Å²) in [6.45, 7) is 9.75. The monoisotopic (exact) mass is 584 g/mol. The number of carbonyl (C=O) groups is 2. The number of aliphatic hydroxyl groups is 4. The van der Waals surface area contributed by atoms with Gasteiger partial charge in [-0.3, -0.25) is 9.59 Å². The molecule has 4 N–H and O–H groups in total. The average Bonchev–Trinajstić information content (AvgIpc) is 3.11. The van der Waals surface area contributed by atoms with Crippen molar-refractivity contribution < 1.29 is 34.8 Å². The minimum Gasteiger partial charge on any atom is -0.453 e. The molecule has 3 saturated carbocycles. The van der Waals surface area contributed by atoms with Crippen LogP contribution in [0.2, 0.25) is 0 Å². The third-order valence-corrected chi connectivity index (χ3v) is 11.3. The number of allylic oxidation sites excluding steroid dienone is 1. The quantitative estimate of drug-likeness (QED) is 0.266. The second-order valence-corrected chi connectivity index (χ2v) is 14.1. The van der Waals surface area contributed by atoms with Gasteiger partial charge in [-0.15, -0.1) is 0 Å². The highest BCUT2D eigenvalue weighted by Gasteiger charge is 2.69. The van der Waals surface area contributed by atoms with Crippen molar-refractivity contribution in [1.82, 2.24) is 0 Å². The summed E-state index contributed by atoms with van der Waals surface area (Å²) in [7, 11) is 0. The lowest BCUT2D eigenvalue weighted by molar-refractivity contribution is -0.181. The first kappa shape index (κ1) is 29.2. The smallest absolute Gasteiger partial charge is 0.317 e. The van der Waals surface area contributed by atoms with Gasteiger partial charge < -0.3 is 25.2 Å². The molecule has 0 amide bonds. The molecule has 0 aromatic heterocycles. The van der Waals surface area contributed by atoms with Gasteiger partial charge in [0, 0.05) is 11.3 Å². The van der Waals surface area contributed by atoms with E-state index in [4.69, 9.17) is 4.74 Å². The number of esters is 1. The molecule has 0 heterocycles. The molecule has 3 fully saturated rings. The van der Waals surface area contributed by atoms with Gasteiger partial charge in [-0.1, -0.05) is 36.7 Å². The lowest BCUT2D eigenvalue weighted by Gasteiger charge is -2.61. The predicted octanol–water partition coefficient (Wildman–Crippen LogP) is 3.68. The van der Waals surface area contributed by atoms with Crippen LogP contribution in [0.25, 0.3) is 0 Å². The maximum Gasteiger partial charge on any atom is 0.317 e. The van der Waals surface area contributed by atoms with Gasteiger partial charge in [-0.05, 0) is 100 Å². The van der Waals surface area contributed by atoms with Gasteiger partial charge in [0.15, 0.2) is 5.78 Å². The molecular formula is C29H45BrO7. The van der Waals surface area contributed by atoms with Crippen molar-refractivity contribution in [2.24, 2.45) is 34.5 Å². The normalized spacial score (nSPS) is 43.2. The largest absolute Gasteiger partial charge is 0.453 e. The molecular weight excluding hydrogens is 540 g/mol. The average molecular weight is 586 g/mol. The number of ketones is 1. The van der Waals surface area contributed by atoms with Crippen LogP contribution < -0.4 is 0 Å². The molecule has 210 valence electrons. The van der Waals surface area contributed by atoms with Gasteiger partial charge in [0.05, 0.1) is 23.9 Å². The van der Waals surface area contributed by atoms with E-state index in [0.29, 0.717) is 25.7 Å². The molecule has 10 atom stereocenters. The maximum atomic E-state index is 13.6. The number of alkyl halides is 1. The third-order valence-electron chi connectivity index (χ3n) is 10.8. The molecule has 0 saturated heterocycles. The van der Waals surface area contributed by atoms with E-state index < -0.39 is 40.3 Å². The fourth-order valence-electron chi connectivity index (χ4n) is 8.71. The van der Waals surface area contributed by atoms with E-state index in [1.165, 1.54) is 0 Å². The summed E-state index contributed by atoms with van der Waals surface area (Å²) in [6, 6.07) is 0. The van der Waals surface area contributed by atoms with Gasteiger partial charge >= 0.3 is 5.97 Å². The molecule has 0 aliphatic heterocycles. The van der Waals surface area contributed by atoms with Crippen molar-refractivity contribution >= 4 is 27.7 Å². The number of carbonyl (C=O) groups excluding carboxylic acids is 2. The summed E-state index contributed by atoms with van der Waals surface area (Å²) in [5.41, 5.74) is -1.95. The zero-order valence-corrected chi connectivity index (χ0v) is 24.5. The molecule has 0 unspecified atom stereocenters. The molecule has 4 aliphatic rings. The van der Waals surface area contributed by atoms with E-state index in [-0.39, 0.29) is 47.2 Å². The van der Waals surface area contributed by atoms with Crippen molar-refractivity contribution in [2.45, 2.75) is 115 Å². The molecule has 4 aliphatic carbocycles. The number of hydrogen-bond donors (Lipinski definition) is 4. The summed E-state index contributed by atoms with van der Waals surface area (Å²) in [5, 5.41) is 42.3. The number of fused-ring (bicyclic) bond motifs is 5. The zero-order valence-electron chi connectivity index (χ0n) is 22.9. The number of rotatable bonds is 7. The van der Waals surface area contributed by atoms with Gasteiger partial charge in [0.2, 0.25) is 0 Å². The van der Waals surface area contributed by atoms with Gasteiger partial charge in [0.25, 0.3) is 0 Å². The van der Waals surface area contributed by atoms with Crippen molar-refractivity contribution in [2.75, 3.05) is 5.33 Å². The van der Waals surface area contributed by atoms with Crippen LogP contribution in [0.1, 0.15) is 86.0 Å². The zero-order chi connectivity index (χ0) is 27.6. The molecule has 0 aromatic carbocycles. The van der Waals surface area contributed by atoms with Crippen LogP contribution in [0.4, 0.5) is 0 Å². The van der Waals surface area contributed by atoms with Crippen LogP contribution in [0.5, 0.6) is 0 Å². The Morgan fingerprint density at radius 2 is 1.86 bits per heavy atom. The number of aliphatic hydroxyl groups excluding tert-OH is 3. The molecule has 7 nitrogen and oxygen atoms in total. The SMILES string of the molecule is C[C@H]([C@H](O)CCC(C)(C)O)[C@H]1CC[C@@]2(OC(=O)CBr)C3=CC(=O)[C@@H]4C[C@@H](O)[C@@H](O)C[C@]4(C)[C@H]3CC[C@]12C. The minimum absolute atomic E-state index is 0.0391. The summed E-state index contributed by atoms with van der Waals surface area (Å²) < 4.78 is 6.38. The molecule has 0 aromatic rings. The van der Waals surface area contributed by atoms with Gasteiger partial charge in [-0.2, -0.15) is 0 Å². The van der Waals surface area contributed by atoms with Crippen LogP contribution in [0.15, 0.2) is 11.6 Å². The minimum atomic E-state index is -0.958. The molecule has 37 heavy (non-hydrogen) atoms. The second-order valence-electron chi connectivity index (χ2n) is 13.5. The lowest BCUT2D eigenvalue weighted by atomic mass is 9.45. The maximum absolute atomic E-state index is 13.6. The van der Waals surface area contributed by atoms with E-state index in [2.05, 4.69) is 36.7 Å². The Kier molecular flexibility index (Phi) is 7.88. The fraction of sp³-hybridized carbons (Fsp3) is 0.862. The lowest BCUT2D eigenvalue weighted by Crippen LogP contribution is -2.62. The molecule has 8 heteroatoms. The molecule has 0 radical (unpaired) electrons. The Bertz CT molecular complexity index is 943. The van der Waals surface area contributed by atoms with E-state index in [1.54, 1.807) is 19.9 Å². The summed E-state index contributed by atoms with van der Waals surface area (Å²) >= 11 is 3.25. The Labute approximate surface area is 229 Å². The highest BCUT2D eigenvalue weighted by Crippen LogP contribution is 2.69. The second kappa shape index (κ2) is 9.99. The number of hydrogen-bond acceptors (Lipinski definition) is 7. The van der Waals surface area contributed by atoms with Crippen molar-refractivity contribution in [3.8, 4) is 0 Å². The summed E-state index contributed by atoms with van der Waals surface area (Å²) in [5.74, 6) is -0.852. The highest BCUT2D eigenvalue weighted by molar-refractivity contribution is 9.09. The van der Waals surface area contributed by atoms with E-state index in [0.717, 1.165) is 24.8 Å². The van der Waals surface area contributed by atoms with E-state index >= 15 is 0 Å². The Hall–Kier alpha value is -0.800. The van der Waals surface area contributed by atoms with Crippen LogP contribution >= 0.6 is 15.9 Å². The topological polar surface area (TPSA) is 124 Å². The summed E-state index contributed by atoms with van der Waals surface area (Å²) in [4.78, 5) is 26.4. The van der Waals surface area contributed by atoms with E-state index in [1.807, 2.05) is 0 Å². The van der Waals surface area contributed by atoms with E-state index in [9.17, 15) is 30.0 Å². The molecule has 0 bridgehead atoms. The Balaban J connectivity index is 1.74. The number of ether oxygens (including phenoxy) is 1. The fourth-order valence-corrected chi connectivity index (χ4v) is 8.82. The molecule has 4 rings (SSSR count). The Morgan fingerprint density at radius 1 is 1.19 bits per heavy atom. The number of halogens is 1. The van der Waals surface area contributed by atoms with Crippen LogP contribution in [-0.2, 0) is 14.3 Å². The summed E-state index contributed by atoms with van der Waals surface area (Å²) in [6.07, 6.45) is 3.76. The first-order valence-corrected chi connectivity index (χ1v) is 15.0. The third kappa shape index (κ3) is 4.77. The van der Waals surface area contributed by atoms with Crippen LogP contribution in [0.3, 0.4) is 0 Å². The van der Waals surface area contributed by atoms with Crippen LogP contribution in [0, 0.1) is 34.5 Å². The first-order valence-electron chi connectivity index (χ1n) is 13.9. The van der Waals surface area contributed by atoms with Gasteiger partial charge in [-0.25, -0.2) is 0 Å².